The van der Waals surface area contributed by atoms with E-state index in [1.54, 1.807) is 0 Å². The Kier molecular flexibility index (Phi) is 5.31. The van der Waals surface area contributed by atoms with Gasteiger partial charge in [0, 0.05) is 34.4 Å². The van der Waals surface area contributed by atoms with E-state index in [4.69, 9.17) is 0 Å². The lowest BCUT2D eigenvalue weighted by Crippen LogP contribution is -2.33. The zero-order valence-electron chi connectivity index (χ0n) is 10.4. The van der Waals surface area contributed by atoms with Crippen molar-refractivity contribution in [3.05, 3.63) is 0 Å². The summed E-state index contributed by atoms with van der Waals surface area (Å²) in [6.45, 7) is 14.5. The maximum atomic E-state index is 11.7. The lowest BCUT2D eigenvalue weighted by Gasteiger charge is -2.21. The van der Waals surface area contributed by atoms with Crippen LogP contribution in [0, 0.1) is 5.41 Å². The molecule has 0 spiro atoms. The lowest BCUT2D eigenvalue weighted by molar-refractivity contribution is 0.385. The summed E-state index contributed by atoms with van der Waals surface area (Å²) in [4.78, 5) is 0. The van der Waals surface area contributed by atoms with Crippen LogP contribution in [-0.4, -0.2) is 27.8 Å². The van der Waals surface area contributed by atoms with Gasteiger partial charge in [-0.1, -0.05) is 20.8 Å². The third-order valence-electron chi connectivity index (χ3n) is 1.80. The highest BCUT2D eigenvalue weighted by Crippen LogP contribution is 2.12. The fourth-order valence-electron chi connectivity index (χ4n) is 0.934. The molecule has 0 heterocycles. The third-order valence-corrected chi connectivity index (χ3v) is 3.74. The minimum atomic E-state index is -0.728. The van der Waals surface area contributed by atoms with Gasteiger partial charge < -0.3 is 5.32 Å². The molecule has 0 amide bonds. The van der Waals surface area contributed by atoms with Crippen LogP contribution in [0.2, 0.25) is 0 Å². The minimum absolute atomic E-state index is 0.0799. The van der Waals surface area contributed by atoms with E-state index in [0.717, 1.165) is 18.8 Å². The van der Waals surface area contributed by atoms with Crippen LogP contribution in [0.15, 0.2) is 0 Å². The van der Waals surface area contributed by atoms with E-state index >= 15 is 0 Å². The molecule has 0 aliphatic carbocycles. The largest absolute Gasteiger partial charge is 0.315 e. The van der Waals surface area contributed by atoms with Gasteiger partial charge in [0.15, 0.2) is 0 Å². The van der Waals surface area contributed by atoms with Crippen molar-refractivity contribution < 1.29 is 4.21 Å². The summed E-state index contributed by atoms with van der Waals surface area (Å²) in [6.07, 6.45) is 0. The zero-order valence-corrected chi connectivity index (χ0v) is 11.3. The maximum Gasteiger partial charge on any atom is 0.0375 e. The van der Waals surface area contributed by atoms with Crippen LogP contribution in [0.5, 0.6) is 0 Å². The van der Waals surface area contributed by atoms with Crippen molar-refractivity contribution in [3.8, 4) is 0 Å². The first-order valence-electron chi connectivity index (χ1n) is 5.22. The van der Waals surface area contributed by atoms with Crippen molar-refractivity contribution in [2.24, 2.45) is 5.41 Å². The molecular weight excluding hydrogens is 194 g/mol. The van der Waals surface area contributed by atoms with Gasteiger partial charge in [0.25, 0.3) is 0 Å². The molecule has 0 fully saturated rings. The van der Waals surface area contributed by atoms with Crippen molar-refractivity contribution in [2.75, 3.05) is 18.8 Å². The Morgan fingerprint density at radius 1 is 1.07 bits per heavy atom. The SMILES string of the molecule is CC(C)(C)CNCCS(=O)C(C)(C)C. The molecule has 0 aromatic carbocycles. The van der Waals surface area contributed by atoms with E-state index in [1.807, 2.05) is 20.8 Å². The van der Waals surface area contributed by atoms with Crippen molar-refractivity contribution in [3.63, 3.8) is 0 Å². The second-order valence-corrected chi connectivity index (χ2v) is 8.22. The van der Waals surface area contributed by atoms with E-state index in [9.17, 15) is 4.21 Å². The van der Waals surface area contributed by atoms with E-state index in [0.29, 0.717) is 5.41 Å². The number of nitrogens with one attached hydrogen (secondary N) is 1. The smallest absolute Gasteiger partial charge is 0.0375 e. The van der Waals surface area contributed by atoms with Gasteiger partial charge in [0.1, 0.15) is 0 Å². The van der Waals surface area contributed by atoms with Gasteiger partial charge in [-0.3, -0.25) is 4.21 Å². The van der Waals surface area contributed by atoms with Gasteiger partial charge in [-0.05, 0) is 26.2 Å². The quantitative estimate of drug-likeness (QED) is 0.734. The van der Waals surface area contributed by atoms with Gasteiger partial charge in [0.05, 0.1) is 0 Å². The average Bonchev–Trinajstić information content (AvgIpc) is 1.93. The minimum Gasteiger partial charge on any atom is -0.315 e. The lowest BCUT2D eigenvalue weighted by atomic mass is 9.97. The molecule has 0 aromatic rings. The molecule has 3 heteroatoms. The first kappa shape index (κ1) is 14.1. The zero-order chi connectivity index (χ0) is 11.4. The fourth-order valence-corrected chi connectivity index (χ4v) is 1.88. The first-order chi connectivity index (χ1) is 6.13. The fraction of sp³-hybridized carbons (Fsp3) is 1.00. The molecule has 86 valence electrons. The van der Waals surface area contributed by atoms with Gasteiger partial charge in [-0.15, -0.1) is 0 Å². The molecule has 1 atom stereocenters. The highest BCUT2D eigenvalue weighted by atomic mass is 32.2. The van der Waals surface area contributed by atoms with Crippen LogP contribution >= 0.6 is 0 Å². The summed E-state index contributed by atoms with van der Waals surface area (Å²) in [5, 5.41) is 3.34. The molecular formula is C11H25NOS. The monoisotopic (exact) mass is 219 g/mol. The third kappa shape index (κ3) is 7.51. The topological polar surface area (TPSA) is 29.1 Å². The number of hydrogen-bond donors (Lipinski definition) is 1. The van der Waals surface area contributed by atoms with Crippen LogP contribution in [0.4, 0.5) is 0 Å². The van der Waals surface area contributed by atoms with E-state index < -0.39 is 10.8 Å². The molecule has 0 aromatic heterocycles. The van der Waals surface area contributed by atoms with Gasteiger partial charge in [-0.2, -0.15) is 0 Å². The van der Waals surface area contributed by atoms with E-state index in [1.165, 1.54) is 0 Å². The van der Waals surface area contributed by atoms with Crippen molar-refractivity contribution >= 4 is 10.8 Å². The van der Waals surface area contributed by atoms with Crippen molar-refractivity contribution in [1.29, 1.82) is 0 Å². The number of hydrogen-bond acceptors (Lipinski definition) is 2. The van der Waals surface area contributed by atoms with Crippen LogP contribution in [-0.2, 0) is 10.8 Å². The molecule has 0 radical (unpaired) electrons. The standard InChI is InChI=1S/C11H25NOS/c1-10(2,3)9-12-7-8-14(13)11(4,5)6/h12H,7-9H2,1-6H3. The predicted molar refractivity (Wildman–Crippen MR) is 65.1 cm³/mol. The molecule has 0 aliphatic heterocycles. The Morgan fingerprint density at radius 2 is 1.57 bits per heavy atom. The Labute approximate surface area is 91.3 Å². The normalized spacial score (nSPS) is 15.6. The molecule has 0 saturated carbocycles. The molecule has 2 nitrogen and oxygen atoms in total. The maximum absolute atomic E-state index is 11.7. The predicted octanol–water partition coefficient (Wildman–Crippen LogP) is 2.17. The highest BCUT2D eigenvalue weighted by molar-refractivity contribution is 7.86. The van der Waals surface area contributed by atoms with Gasteiger partial charge in [0.2, 0.25) is 0 Å². The molecule has 0 saturated heterocycles. The van der Waals surface area contributed by atoms with Gasteiger partial charge >= 0.3 is 0 Å². The van der Waals surface area contributed by atoms with Crippen LogP contribution in [0.3, 0.4) is 0 Å². The Morgan fingerprint density at radius 3 is 1.93 bits per heavy atom. The van der Waals surface area contributed by atoms with Crippen molar-refractivity contribution in [2.45, 2.75) is 46.3 Å². The summed E-state index contributed by atoms with van der Waals surface area (Å²) in [5.74, 6) is 0.750. The summed E-state index contributed by atoms with van der Waals surface area (Å²) in [6, 6.07) is 0. The molecule has 0 bridgehead atoms. The highest BCUT2D eigenvalue weighted by Gasteiger charge is 2.18. The Balaban J connectivity index is 3.62. The summed E-state index contributed by atoms with van der Waals surface area (Å²) >= 11 is 0. The van der Waals surface area contributed by atoms with Crippen LogP contribution in [0.1, 0.15) is 41.5 Å². The molecule has 14 heavy (non-hydrogen) atoms. The van der Waals surface area contributed by atoms with Crippen LogP contribution < -0.4 is 5.32 Å². The molecule has 0 rings (SSSR count). The van der Waals surface area contributed by atoms with Gasteiger partial charge in [-0.25, -0.2) is 0 Å². The summed E-state index contributed by atoms with van der Waals surface area (Å²) in [7, 11) is -0.728. The summed E-state index contributed by atoms with van der Waals surface area (Å²) < 4.78 is 11.6. The average molecular weight is 219 g/mol. The Hall–Kier alpha value is 0.110. The second-order valence-electron chi connectivity index (χ2n) is 5.90. The second kappa shape index (κ2) is 5.26. The van der Waals surface area contributed by atoms with Crippen molar-refractivity contribution in [1.82, 2.24) is 5.32 Å². The molecule has 1 N–H and O–H groups in total. The Bertz CT molecular complexity index is 188. The summed E-state index contributed by atoms with van der Waals surface area (Å²) in [5.41, 5.74) is 0.309. The van der Waals surface area contributed by atoms with E-state index in [2.05, 4.69) is 26.1 Å². The van der Waals surface area contributed by atoms with E-state index in [-0.39, 0.29) is 4.75 Å². The number of rotatable bonds is 4. The van der Waals surface area contributed by atoms with Crippen LogP contribution in [0.25, 0.3) is 0 Å². The molecule has 0 aliphatic rings. The molecule has 1 unspecified atom stereocenters. The first-order valence-corrected chi connectivity index (χ1v) is 6.54.